The average molecular weight is 365 g/mol. The van der Waals surface area contributed by atoms with E-state index in [9.17, 15) is 9.59 Å². The molecule has 1 saturated heterocycles. The van der Waals surface area contributed by atoms with E-state index >= 15 is 0 Å². The summed E-state index contributed by atoms with van der Waals surface area (Å²) in [6, 6.07) is 17.8. The molecular formula is C22H27N3O2. The standard InChI is InChI=1S/C22H27N3O2/c23-14-16-25(15-13-17-5-2-1-3-6-17)22(27)19-11-9-18(10-12-19)20-7-4-8-21(26)24-20/h1-3,5-6,9-12,20H,4,7-8,13-16,23H2,(H,24,26). The average Bonchev–Trinajstić information content (AvgIpc) is 2.71. The van der Waals surface area contributed by atoms with Crippen molar-refractivity contribution in [2.24, 2.45) is 5.73 Å². The molecule has 3 N–H and O–H groups in total. The first-order valence-corrected chi connectivity index (χ1v) is 9.60. The molecular weight excluding hydrogens is 338 g/mol. The number of hydrogen-bond acceptors (Lipinski definition) is 3. The van der Waals surface area contributed by atoms with E-state index in [1.54, 1.807) is 0 Å². The zero-order valence-electron chi connectivity index (χ0n) is 15.6. The van der Waals surface area contributed by atoms with Crippen molar-refractivity contribution in [1.82, 2.24) is 10.2 Å². The summed E-state index contributed by atoms with van der Waals surface area (Å²) in [5.41, 5.74) is 8.62. The van der Waals surface area contributed by atoms with Crippen molar-refractivity contribution in [3.05, 3.63) is 71.3 Å². The van der Waals surface area contributed by atoms with Crippen LogP contribution in [-0.4, -0.2) is 36.3 Å². The summed E-state index contributed by atoms with van der Waals surface area (Å²) < 4.78 is 0. The van der Waals surface area contributed by atoms with Crippen LogP contribution in [0.1, 0.15) is 46.8 Å². The van der Waals surface area contributed by atoms with Crippen LogP contribution in [0.2, 0.25) is 0 Å². The molecule has 0 bridgehead atoms. The minimum atomic E-state index is -0.00406. The molecule has 1 aliphatic heterocycles. The molecule has 0 aromatic heterocycles. The third-order valence-corrected chi connectivity index (χ3v) is 4.99. The number of carbonyl (C=O) groups excluding carboxylic acids is 2. The van der Waals surface area contributed by atoms with Crippen molar-refractivity contribution >= 4 is 11.8 Å². The Hall–Kier alpha value is -2.66. The highest BCUT2D eigenvalue weighted by Crippen LogP contribution is 2.24. The molecule has 1 unspecified atom stereocenters. The Balaban J connectivity index is 1.65. The molecule has 5 nitrogen and oxygen atoms in total. The van der Waals surface area contributed by atoms with Gasteiger partial charge in [0, 0.05) is 31.6 Å². The molecule has 2 aromatic carbocycles. The van der Waals surface area contributed by atoms with E-state index in [2.05, 4.69) is 17.4 Å². The zero-order valence-corrected chi connectivity index (χ0v) is 15.6. The van der Waals surface area contributed by atoms with Crippen molar-refractivity contribution in [3.8, 4) is 0 Å². The van der Waals surface area contributed by atoms with E-state index in [4.69, 9.17) is 5.73 Å². The summed E-state index contributed by atoms with van der Waals surface area (Å²) >= 11 is 0. The topological polar surface area (TPSA) is 75.4 Å². The number of amides is 2. The summed E-state index contributed by atoms with van der Waals surface area (Å²) in [5.74, 6) is 0.0945. The Kier molecular flexibility index (Phi) is 6.60. The number of piperidine rings is 1. The molecule has 5 heteroatoms. The lowest BCUT2D eigenvalue weighted by molar-refractivity contribution is -0.123. The lowest BCUT2D eigenvalue weighted by Crippen LogP contribution is -2.37. The van der Waals surface area contributed by atoms with E-state index in [1.807, 2.05) is 47.4 Å². The highest BCUT2D eigenvalue weighted by molar-refractivity contribution is 5.94. The molecule has 2 aromatic rings. The summed E-state index contributed by atoms with van der Waals surface area (Å²) in [6.07, 6.45) is 3.25. The van der Waals surface area contributed by atoms with Crippen molar-refractivity contribution in [3.63, 3.8) is 0 Å². The lowest BCUT2D eigenvalue weighted by atomic mass is 9.96. The number of rotatable bonds is 7. The Bertz CT molecular complexity index is 759. The van der Waals surface area contributed by atoms with Crippen LogP contribution in [0.5, 0.6) is 0 Å². The number of nitrogens with zero attached hydrogens (tertiary/aromatic N) is 1. The third-order valence-electron chi connectivity index (χ3n) is 4.99. The third kappa shape index (κ3) is 5.17. The fourth-order valence-corrected chi connectivity index (χ4v) is 3.48. The van der Waals surface area contributed by atoms with Crippen molar-refractivity contribution in [1.29, 1.82) is 0 Å². The normalized spacial score (nSPS) is 16.6. The van der Waals surface area contributed by atoms with Gasteiger partial charge in [-0.3, -0.25) is 9.59 Å². The second-order valence-electron chi connectivity index (χ2n) is 6.95. The van der Waals surface area contributed by atoms with Gasteiger partial charge in [-0.1, -0.05) is 42.5 Å². The molecule has 0 radical (unpaired) electrons. The van der Waals surface area contributed by atoms with Crippen LogP contribution in [0.15, 0.2) is 54.6 Å². The van der Waals surface area contributed by atoms with Crippen LogP contribution in [0.25, 0.3) is 0 Å². The summed E-state index contributed by atoms with van der Waals surface area (Å²) in [7, 11) is 0. The van der Waals surface area contributed by atoms with E-state index in [1.165, 1.54) is 5.56 Å². The van der Waals surface area contributed by atoms with Crippen molar-refractivity contribution in [2.75, 3.05) is 19.6 Å². The number of hydrogen-bond donors (Lipinski definition) is 2. The molecule has 3 rings (SSSR count). The minimum absolute atomic E-state index is 0.00406. The smallest absolute Gasteiger partial charge is 0.253 e. The van der Waals surface area contributed by atoms with Crippen molar-refractivity contribution in [2.45, 2.75) is 31.7 Å². The Morgan fingerprint density at radius 3 is 2.48 bits per heavy atom. The van der Waals surface area contributed by atoms with Crippen LogP contribution < -0.4 is 11.1 Å². The van der Waals surface area contributed by atoms with Crippen LogP contribution in [0, 0.1) is 0 Å². The monoisotopic (exact) mass is 365 g/mol. The van der Waals surface area contributed by atoms with Gasteiger partial charge in [0.05, 0.1) is 6.04 Å². The Morgan fingerprint density at radius 1 is 1.07 bits per heavy atom. The van der Waals surface area contributed by atoms with E-state index in [-0.39, 0.29) is 17.9 Å². The second kappa shape index (κ2) is 9.33. The predicted molar refractivity (Wildman–Crippen MR) is 106 cm³/mol. The number of nitrogens with two attached hydrogens (primary N) is 1. The maximum Gasteiger partial charge on any atom is 0.253 e. The van der Waals surface area contributed by atoms with E-state index < -0.39 is 0 Å². The van der Waals surface area contributed by atoms with Gasteiger partial charge in [-0.25, -0.2) is 0 Å². The van der Waals surface area contributed by atoms with Crippen molar-refractivity contribution < 1.29 is 9.59 Å². The van der Waals surface area contributed by atoms with Gasteiger partial charge in [0.1, 0.15) is 0 Å². The highest BCUT2D eigenvalue weighted by atomic mass is 16.2. The number of carbonyl (C=O) groups is 2. The molecule has 2 amide bonds. The molecule has 0 saturated carbocycles. The Labute approximate surface area is 160 Å². The highest BCUT2D eigenvalue weighted by Gasteiger charge is 2.20. The second-order valence-corrected chi connectivity index (χ2v) is 6.95. The van der Waals surface area contributed by atoms with Gasteiger partial charge < -0.3 is 16.0 Å². The van der Waals surface area contributed by atoms with Crippen LogP contribution in [0.3, 0.4) is 0 Å². The first-order valence-electron chi connectivity index (χ1n) is 9.60. The van der Waals surface area contributed by atoms with Crippen LogP contribution in [0.4, 0.5) is 0 Å². The minimum Gasteiger partial charge on any atom is -0.349 e. The summed E-state index contributed by atoms with van der Waals surface area (Å²) in [4.78, 5) is 26.3. The molecule has 1 aliphatic rings. The number of benzene rings is 2. The van der Waals surface area contributed by atoms with Crippen LogP contribution >= 0.6 is 0 Å². The molecule has 1 fully saturated rings. The largest absolute Gasteiger partial charge is 0.349 e. The molecule has 1 heterocycles. The zero-order chi connectivity index (χ0) is 19.1. The molecule has 0 spiro atoms. The van der Waals surface area contributed by atoms with Gasteiger partial charge >= 0.3 is 0 Å². The Morgan fingerprint density at radius 2 is 1.81 bits per heavy atom. The maximum absolute atomic E-state index is 12.9. The van der Waals surface area contributed by atoms with Gasteiger partial charge in [-0.2, -0.15) is 0 Å². The lowest BCUT2D eigenvalue weighted by Gasteiger charge is -2.25. The fourth-order valence-electron chi connectivity index (χ4n) is 3.48. The summed E-state index contributed by atoms with van der Waals surface area (Å²) in [6.45, 7) is 1.61. The molecule has 142 valence electrons. The van der Waals surface area contributed by atoms with E-state index in [0.29, 0.717) is 31.6 Å². The molecule has 0 aliphatic carbocycles. The van der Waals surface area contributed by atoms with Gasteiger partial charge in [0.2, 0.25) is 5.91 Å². The predicted octanol–water partition coefficient (Wildman–Crippen LogP) is 2.67. The quantitative estimate of drug-likeness (QED) is 0.792. The molecule has 1 atom stereocenters. The SMILES string of the molecule is NCCN(CCc1ccccc1)C(=O)c1ccc(C2CCCC(=O)N2)cc1. The first kappa shape index (κ1) is 19.1. The van der Waals surface area contributed by atoms with Gasteiger partial charge in [-0.05, 0) is 42.5 Å². The van der Waals surface area contributed by atoms with Gasteiger partial charge in [0.15, 0.2) is 0 Å². The summed E-state index contributed by atoms with van der Waals surface area (Å²) in [5, 5.41) is 3.01. The maximum atomic E-state index is 12.9. The molecule has 27 heavy (non-hydrogen) atoms. The van der Waals surface area contributed by atoms with Crippen LogP contribution in [-0.2, 0) is 11.2 Å². The van der Waals surface area contributed by atoms with Gasteiger partial charge in [0.25, 0.3) is 5.91 Å². The fraction of sp³-hybridized carbons (Fsp3) is 0.364. The number of nitrogens with one attached hydrogen (secondary N) is 1. The first-order chi connectivity index (χ1) is 13.2. The van der Waals surface area contributed by atoms with E-state index in [0.717, 1.165) is 24.8 Å². The van der Waals surface area contributed by atoms with Gasteiger partial charge in [-0.15, -0.1) is 0 Å².